The number of carbonyl (C=O) groups excluding carboxylic acids is 2. The summed E-state index contributed by atoms with van der Waals surface area (Å²) in [6.07, 6.45) is 0. The lowest BCUT2D eigenvalue weighted by Crippen LogP contribution is -2.03. The van der Waals surface area contributed by atoms with E-state index in [-0.39, 0.29) is 11.9 Å². The minimum absolute atomic E-state index is 0.348. The van der Waals surface area contributed by atoms with Gasteiger partial charge >= 0.3 is 11.9 Å². The lowest BCUT2D eigenvalue weighted by Gasteiger charge is -2.12. The van der Waals surface area contributed by atoms with Crippen molar-refractivity contribution in [2.45, 2.75) is 20.4 Å². The first-order valence-electron chi connectivity index (χ1n) is 9.64. The van der Waals surface area contributed by atoms with Crippen LogP contribution in [-0.2, 0) is 16.1 Å². The molecule has 0 unspecified atom stereocenters. The molecule has 0 atom stereocenters. The number of aromatic nitrogens is 1. The average Bonchev–Trinajstić information content (AvgIpc) is 3.06. The lowest BCUT2D eigenvalue weighted by molar-refractivity contribution is -0.132. The highest BCUT2D eigenvalue weighted by molar-refractivity contribution is 5.89. The molecule has 0 amide bonds. The van der Waals surface area contributed by atoms with Gasteiger partial charge in [-0.05, 0) is 59.7 Å². The van der Waals surface area contributed by atoms with Gasteiger partial charge in [-0.25, -0.2) is 0 Å². The molecule has 1 heterocycles. The molecule has 4 aromatic rings. The fraction of sp³-hybridized carbons (Fsp3) is 0.120. The summed E-state index contributed by atoms with van der Waals surface area (Å²) in [7, 11) is 0. The van der Waals surface area contributed by atoms with Gasteiger partial charge in [0.2, 0.25) is 0 Å². The summed E-state index contributed by atoms with van der Waals surface area (Å²) in [6, 6.07) is 25.4. The predicted octanol–water partition coefficient (Wildman–Crippen LogP) is 5.21. The molecule has 4 rings (SSSR count). The van der Waals surface area contributed by atoms with Crippen molar-refractivity contribution in [1.29, 1.82) is 0 Å². The molecule has 0 saturated carbocycles. The molecule has 0 bridgehead atoms. The molecule has 3 aromatic carbocycles. The van der Waals surface area contributed by atoms with Crippen LogP contribution in [0.4, 0.5) is 0 Å². The van der Waals surface area contributed by atoms with Crippen molar-refractivity contribution in [3.05, 3.63) is 84.4 Å². The van der Waals surface area contributed by atoms with Crippen LogP contribution in [0.1, 0.15) is 19.4 Å². The first-order chi connectivity index (χ1) is 14.5. The SMILES string of the molecule is CC(=O)Oc1ccc(-c2cc3cc(OC(C)=O)ccc3n2Cc2ccccc2)cc1. The number of benzene rings is 3. The van der Waals surface area contributed by atoms with Gasteiger partial charge in [0.25, 0.3) is 0 Å². The molecular formula is C25H21NO4. The Bertz CT molecular complexity index is 1210. The molecule has 0 aliphatic rings. The third kappa shape index (κ3) is 4.25. The van der Waals surface area contributed by atoms with Crippen molar-refractivity contribution in [3.8, 4) is 22.8 Å². The van der Waals surface area contributed by atoms with Gasteiger partial charge in [-0.3, -0.25) is 9.59 Å². The smallest absolute Gasteiger partial charge is 0.308 e. The number of hydrogen-bond donors (Lipinski definition) is 0. The highest BCUT2D eigenvalue weighted by Gasteiger charge is 2.13. The van der Waals surface area contributed by atoms with E-state index < -0.39 is 0 Å². The van der Waals surface area contributed by atoms with E-state index in [0.717, 1.165) is 22.2 Å². The second kappa shape index (κ2) is 8.25. The van der Waals surface area contributed by atoms with Crippen LogP contribution in [-0.4, -0.2) is 16.5 Å². The van der Waals surface area contributed by atoms with Gasteiger partial charge in [0.05, 0.1) is 0 Å². The Morgan fingerprint density at radius 2 is 1.40 bits per heavy atom. The van der Waals surface area contributed by atoms with Gasteiger partial charge in [-0.1, -0.05) is 30.3 Å². The summed E-state index contributed by atoms with van der Waals surface area (Å²) in [4.78, 5) is 22.5. The number of rotatable bonds is 5. The van der Waals surface area contributed by atoms with E-state index >= 15 is 0 Å². The first-order valence-corrected chi connectivity index (χ1v) is 9.64. The van der Waals surface area contributed by atoms with E-state index in [4.69, 9.17) is 9.47 Å². The van der Waals surface area contributed by atoms with Gasteiger partial charge < -0.3 is 14.0 Å². The molecular weight excluding hydrogens is 378 g/mol. The van der Waals surface area contributed by atoms with Gasteiger partial charge in [0.1, 0.15) is 11.5 Å². The topological polar surface area (TPSA) is 57.5 Å². The molecule has 0 aliphatic carbocycles. The third-order valence-electron chi connectivity index (χ3n) is 4.73. The van der Waals surface area contributed by atoms with E-state index in [1.165, 1.54) is 19.4 Å². The third-order valence-corrected chi connectivity index (χ3v) is 4.73. The summed E-state index contributed by atoms with van der Waals surface area (Å²) in [5.74, 6) is 0.330. The van der Waals surface area contributed by atoms with Crippen molar-refractivity contribution < 1.29 is 19.1 Å². The van der Waals surface area contributed by atoms with Crippen LogP contribution in [0.25, 0.3) is 22.2 Å². The molecule has 0 saturated heterocycles. The molecule has 5 heteroatoms. The van der Waals surface area contributed by atoms with Gasteiger partial charge in [0, 0.05) is 37.0 Å². The normalized spacial score (nSPS) is 10.7. The maximum absolute atomic E-state index is 11.3. The number of nitrogens with zero attached hydrogens (tertiary/aromatic N) is 1. The maximum Gasteiger partial charge on any atom is 0.308 e. The summed E-state index contributed by atoms with van der Waals surface area (Å²) < 4.78 is 12.6. The van der Waals surface area contributed by atoms with Gasteiger partial charge in [-0.2, -0.15) is 0 Å². The van der Waals surface area contributed by atoms with Crippen molar-refractivity contribution in [2.24, 2.45) is 0 Å². The fourth-order valence-corrected chi connectivity index (χ4v) is 3.51. The van der Waals surface area contributed by atoms with Crippen molar-refractivity contribution in [2.75, 3.05) is 0 Å². The zero-order valence-electron chi connectivity index (χ0n) is 16.8. The zero-order valence-corrected chi connectivity index (χ0v) is 16.8. The lowest BCUT2D eigenvalue weighted by atomic mass is 10.1. The van der Waals surface area contributed by atoms with Crippen LogP contribution in [0.5, 0.6) is 11.5 Å². The Hall–Kier alpha value is -3.86. The quantitative estimate of drug-likeness (QED) is 0.342. The number of esters is 2. The van der Waals surface area contributed by atoms with Crippen LogP contribution in [0.15, 0.2) is 78.9 Å². The van der Waals surface area contributed by atoms with Crippen LogP contribution < -0.4 is 9.47 Å². The molecule has 1 aromatic heterocycles. The minimum atomic E-state index is -0.348. The Labute approximate surface area is 174 Å². The Balaban J connectivity index is 1.80. The Morgan fingerprint density at radius 1 is 0.767 bits per heavy atom. The first kappa shape index (κ1) is 19.5. The highest BCUT2D eigenvalue weighted by Crippen LogP contribution is 2.32. The highest BCUT2D eigenvalue weighted by atomic mass is 16.5. The van der Waals surface area contributed by atoms with E-state index in [2.05, 4.69) is 22.8 Å². The molecule has 0 N–H and O–H groups in total. The number of hydrogen-bond acceptors (Lipinski definition) is 4. The van der Waals surface area contributed by atoms with Crippen LogP contribution in [0.2, 0.25) is 0 Å². The van der Waals surface area contributed by atoms with Crippen LogP contribution >= 0.6 is 0 Å². The maximum atomic E-state index is 11.3. The summed E-state index contributed by atoms with van der Waals surface area (Å²) in [5.41, 5.74) is 4.22. The molecule has 0 radical (unpaired) electrons. The largest absolute Gasteiger partial charge is 0.427 e. The summed E-state index contributed by atoms with van der Waals surface area (Å²) in [5, 5.41) is 0.976. The predicted molar refractivity (Wildman–Crippen MR) is 116 cm³/mol. The summed E-state index contributed by atoms with van der Waals surface area (Å²) in [6.45, 7) is 3.46. The van der Waals surface area contributed by atoms with Gasteiger partial charge in [0.15, 0.2) is 0 Å². The Kier molecular flexibility index (Phi) is 5.35. The average molecular weight is 399 g/mol. The molecule has 5 nitrogen and oxygen atoms in total. The number of carbonyl (C=O) groups is 2. The van der Waals surface area contributed by atoms with Crippen LogP contribution in [0, 0.1) is 0 Å². The molecule has 150 valence electrons. The monoisotopic (exact) mass is 399 g/mol. The van der Waals surface area contributed by atoms with E-state index in [0.29, 0.717) is 18.0 Å². The molecule has 30 heavy (non-hydrogen) atoms. The van der Waals surface area contributed by atoms with Crippen LogP contribution in [0.3, 0.4) is 0 Å². The number of fused-ring (bicyclic) bond motifs is 1. The Morgan fingerprint density at radius 3 is 2.07 bits per heavy atom. The minimum Gasteiger partial charge on any atom is -0.427 e. The van der Waals surface area contributed by atoms with E-state index in [9.17, 15) is 9.59 Å². The van der Waals surface area contributed by atoms with Gasteiger partial charge in [-0.15, -0.1) is 0 Å². The van der Waals surface area contributed by atoms with Crippen molar-refractivity contribution in [1.82, 2.24) is 4.57 Å². The van der Waals surface area contributed by atoms with Crippen molar-refractivity contribution >= 4 is 22.8 Å². The van der Waals surface area contributed by atoms with Crippen molar-refractivity contribution in [3.63, 3.8) is 0 Å². The standard InChI is InChI=1S/C25H21NO4/c1-17(27)29-22-10-8-20(9-11-22)25-15-21-14-23(30-18(2)28)12-13-24(21)26(25)16-19-6-4-3-5-7-19/h3-15H,16H2,1-2H3. The molecule has 0 spiro atoms. The molecule has 0 aliphatic heterocycles. The summed E-state index contributed by atoms with van der Waals surface area (Å²) >= 11 is 0. The second-order valence-corrected chi connectivity index (χ2v) is 7.03. The molecule has 0 fully saturated rings. The van der Waals surface area contributed by atoms with E-state index in [1.54, 1.807) is 18.2 Å². The second-order valence-electron chi connectivity index (χ2n) is 7.03. The zero-order chi connectivity index (χ0) is 21.1. The fourth-order valence-electron chi connectivity index (χ4n) is 3.51. The van der Waals surface area contributed by atoms with E-state index in [1.807, 2.05) is 42.5 Å². The number of ether oxygens (including phenoxy) is 2.